The lowest BCUT2D eigenvalue weighted by Crippen LogP contribution is -2.12. The molecule has 0 aliphatic heterocycles. The molecule has 0 saturated carbocycles. The minimum Gasteiger partial charge on any atom is -0.475 e. The van der Waals surface area contributed by atoms with Crippen molar-refractivity contribution in [2.45, 2.75) is 20.0 Å². The fourth-order valence-electron chi connectivity index (χ4n) is 0.918. The highest BCUT2D eigenvalue weighted by Gasteiger charge is 2.01. The van der Waals surface area contributed by atoms with Crippen LogP contribution < -0.4 is 10.5 Å². The summed E-state index contributed by atoms with van der Waals surface area (Å²) in [5, 5.41) is 0.266. The van der Waals surface area contributed by atoms with E-state index in [1.807, 2.05) is 13.8 Å². The molecule has 1 rings (SSSR count). The Balaban J connectivity index is 2.37. The molecule has 0 radical (unpaired) electrons. The number of hydrogen-bond donors (Lipinski definition) is 1. The van der Waals surface area contributed by atoms with Crippen LogP contribution in [-0.2, 0) is 4.74 Å². The smallest absolute Gasteiger partial charge is 0.224 e. The highest BCUT2D eigenvalue weighted by Crippen LogP contribution is 2.14. The summed E-state index contributed by atoms with van der Waals surface area (Å²) >= 11 is 5.67. The van der Waals surface area contributed by atoms with Crippen molar-refractivity contribution in [3.8, 4) is 5.88 Å². The van der Waals surface area contributed by atoms with Gasteiger partial charge in [-0.3, -0.25) is 0 Å². The van der Waals surface area contributed by atoms with Crippen molar-refractivity contribution in [2.24, 2.45) is 0 Å². The van der Waals surface area contributed by atoms with E-state index >= 15 is 0 Å². The molecule has 2 N–H and O–H groups in total. The zero-order valence-electron chi connectivity index (χ0n) is 8.74. The Morgan fingerprint density at radius 1 is 1.40 bits per heavy atom. The summed E-state index contributed by atoms with van der Waals surface area (Å²) in [6.07, 6.45) is 0.188. The second-order valence-electron chi connectivity index (χ2n) is 3.16. The molecular formula is C9H14ClN3O2. The maximum absolute atomic E-state index is 5.67. The average molecular weight is 232 g/mol. The molecule has 0 saturated heterocycles. The molecule has 6 heteroatoms. The number of anilines is 1. The fraction of sp³-hybridized carbons (Fsp3) is 0.556. The molecule has 5 nitrogen and oxygen atoms in total. The third-order valence-electron chi connectivity index (χ3n) is 1.47. The number of aromatic nitrogens is 2. The van der Waals surface area contributed by atoms with Crippen molar-refractivity contribution >= 4 is 17.5 Å². The van der Waals surface area contributed by atoms with Gasteiger partial charge in [-0.05, 0) is 13.8 Å². The first-order valence-electron chi connectivity index (χ1n) is 4.62. The van der Waals surface area contributed by atoms with E-state index in [2.05, 4.69) is 9.97 Å². The molecule has 15 heavy (non-hydrogen) atoms. The molecule has 0 bridgehead atoms. The zero-order valence-corrected chi connectivity index (χ0v) is 9.49. The number of hydrogen-bond acceptors (Lipinski definition) is 5. The van der Waals surface area contributed by atoms with Gasteiger partial charge in [0.2, 0.25) is 11.8 Å². The van der Waals surface area contributed by atoms with Gasteiger partial charge < -0.3 is 15.2 Å². The lowest BCUT2D eigenvalue weighted by atomic mass is 10.5. The first kappa shape index (κ1) is 12.0. The Morgan fingerprint density at radius 2 is 2.13 bits per heavy atom. The normalized spacial score (nSPS) is 10.7. The van der Waals surface area contributed by atoms with E-state index < -0.39 is 0 Å². The molecule has 0 atom stereocenters. The van der Waals surface area contributed by atoms with Gasteiger partial charge in [-0.15, -0.1) is 0 Å². The van der Waals surface area contributed by atoms with E-state index in [0.717, 1.165) is 0 Å². The van der Waals surface area contributed by atoms with Gasteiger partial charge in [0.05, 0.1) is 12.7 Å². The predicted octanol–water partition coefficient (Wildman–Crippen LogP) is 1.52. The number of nitrogens with zero attached hydrogens (tertiary/aromatic N) is 2. The monoisotopic (exact) mass is 231 g/mol. The highest BCUT2D eigenvalue weighted by molar-refractivity contribution is 6.29. The predicted molar refractivity (Wildman–Crippen MR) is 58.0 cm³/mol. The van der Waals surface area contributed by atoms with Crippen LogP contribution in [0.2, 0.25) is 5.15 Å². The van der Waals surface area contributed by atoms with Crippen LogP contribution in [0, 0.1) is 0 Å². The lowest BCUT2D eigenvalue weighted by molar-refractivity contribution is 0.0542. The minimum atomic E-state index is 0.0993. The number of rotatable bonds is 5. The van der Waals surface area contributed by atoms with Crippen LogP contribution in [0.5, 0.6) is 5.88 Å². The van der Waals surface area contributed by atoms with E-state index in [0.29, 0.717) is 19.1 Å². The standard InChI is InChI=1S/C9H14ClN3O2/c1-6(2)14-3-4-15-8-5-7(10)12-9(11)13-8/h5-6H,3-4H2,1-2H3,(H2,11,12,13). The Kier molecular flexibility index (Phi) is 4.58. The largest absolute Gasteiger partial charge is 0.475 e. The Labute approximate surface area is 93.6 Å². The van der Waals surface area contributed by atoms with Crippen molar-refractivity contribution < 1.29 is 9.47 Å². The van der Waals surface area contributed by atoms with Crippen LogP contribution in [0.3, 0.4) is 0 Å². The maximum atomic E-state index is 5.67. The molecule has 1 aromatic heterocycles. The summed E-state index contributed by atoms with van der Waals surface area (Å²) < 4.78 is 10.6. The van der Waals surface area contributed by atoms with Crippen molar-refractivity contribution in [1.29, 1.82) is 0 Å². The van der Waals surface area contributed by atoms with Crippen LogP contribution in [0.4, 0.5) is 5.95 Å². The second-order valence-corrected chi connectivity index (χ2v) is 3.54. The van der Waals surface area contributed by atoms with Crippen LogP contribution in [-0.4, -0.2) is 29.3 Å². The van der Waals surface area contributed by atoms with Gasteiger partial charge in [0.15, 0.2) is 0 Å². The molecule has 0 spiro atoms. The Bertz CT molecular complexity index is 300. The summed E-state index contributed by atoms with van der Waals surface area (Å²) in [6.45, 7) is 4.82. The Morgan fingerprint density at radius 3 is 2.73 bits per heavy atom. The number of ether oxygens (including phenoxy) is 2. The third kappa shape index (κ3) is 4.80. The molecule has 0 fully saturated rings. The van der Waals surface area contributed by atoms with Crippen molar-refractivity contribution in [2.75, 3.05) is 18.9 Å². The quantitative estimate of drug-likeness (QED) is 0.615. The molecular weight excluding hydrogens is 218 g/mol. The van der Waals surface area contributed by atoms with Crippen molar-refractivity contribution in [3.63, 3.8) is 0 Å². The zero-order chi connectivity index (χ0) is 11.3. The van der Waals surface area contributed by atoms with E-state index in [9.17, 15) is 0 Å². The molecule has 0 unspecified atom stereocenters. The number of nitrogen functional groups attached to an aromatic ring is 1. The van der Waals surface area contributed by atoms with Gasteiger partial charge in [-0.1, -0.05) is 11.6 Å². The SMILES string of the molecule is CC(C)OCCOc1cc(Cl)nc(N)n1. The van der Waals surface area contributed by atoms with Crippen LogP contribution in [0.25, 0.3) is 0 Å². The Hall–Kier alpha value is -1.07. The molecule has 0 aliphatic rings. The second kappa shape index (κ2) is 5.72. The van der Waals surface area contributed by atoms with E-state index in [1.165, 1.54) is 6.07 Å². The average Bonchev–Trinajstić information content (AvgIpc) is 2.10. The fourth-order valence-corrected chi connectivity index (χ4v) is 1.10. The van der Waals surface area contributed by atoms with Crippen molar-refractivity contribution in [1.82, 2.24) is 9.97 Å². The third-order valence-corrected chi connectivity index (χ3v) is 1.67. The number of nitrogens with two attached hydrogens (primary N) is 1. The molecule has 0 amide bonds. The van der Waals surface area contributed by atoms with Crippen LogP contribution >= 0.6 is 11.6 Å². The van der Waals surface area contributed by atoms with Crippen LogP contribution in [0.1, 0.15) is 13.8 Å². The molecule has 84 valence electrons. The summed E-state index contributed by atoms with van der Waals surface area (Å²) in [7, 11) is 0. The highest BCUT2D eigenvalue weighted by atomic mass is 35.5. The topological polar surface area (TPSA) is 70.3 Å². The van der Waals surface area contributed by atoms with E-state index in [-0.39, 0.29) is 17.2 Å². The van der Waals surface area contributed by atoms with Gasteiger partial charge in [0.1, 0.15) is 11.8 Å². The molecule has 1 aromatic rings. The minimum absolute atomic E-state index is 0.0993. The molecule has 0 aromatic carbocycles. The lowest BCUT2D eigenvalue weighted by Gasteiger charge is -2.08. The maximum Gasteiger partial charge on any atom is 0.224 e. The molecule has 0 aliphatic carbocycles. The van der Waals surface area contributed by atoms with Crippen molar-refractivity contribution in [3.05, 3.63) is 11.2 Å². The summed E-state index contributed by atoms with van der Waals surface area (Å²) in [5.41, 5.74) is 5.39. The van der Waals surface area contributed by atoms with E-state index in [1.54, 1.807) is 0 Å². The van der Waals surface area contributed by atoms with E-state index in [4.69, 9.17) is 26.8 Å². The van der Waals surface area contributed by atoms with Gasteiger partial charge in [0, 0.05) is 6.07 Å². The summed E-state index contributed by atoms with van der Waals surface area (Å²) in [4.78, 5) is 7.57. The van der Waals surface area contributed by atoms with Gasteiger partial charge in [0.25, 0.3) is 0 Å². The van der Waals surface area contributed by atoms with Gasteiger partial charge in [-0.25, -0.2) is 4.98 Å². The molecule has 1 heterocycles. The van der Waals surface area contributed by atoms with Gasteiger partial charge >= 0.3 is 0 Å². The summed E-state index contributed by atoms with van der Waals surface area (Å²) in [6, 6.07) is 1.51. The number of halogens is 1. The first-order chi connectivity index (χ1) is 7.08. The van der Waals surface area contributed by atoms with Gasteiger partial charge in [-0.2, -0.15) is 4.98 Å². The summed E-state index contributed by atoms with van der Waals surface area (Å²) in [5.74, 6) is 0.460. The first-order valence-corrected chi connectivity index (χ1v) is 5.00. The van der Waals surface area contributed by atoms with Crippen LogP contribution in [0.15, 0.2) is 6.07 Å².